The van der Waals surface area contributed by atoms with Crippen LogP contribution in [0.1, 0.15) is 24.1 Å². The normalized spacial score (nSPS) is 11.2. The zero-order valence-electron chi connectivity index (χ0n) is 9.03. The van der Waals surface area contributed by atoms with Gasteiger partial charge in [0.1, 0.15) is 5.69 Å². The highest BCUT2D eigenvalue weighted by Crippen LogP contribution is 2.25. The van der Waals surface area contributed by atoms with E-state index in [-0.39, 0.29) is 11.3 Å². The Kier molecular flexibility index (Phi) is 3.55. The molecular weight excluding hydrogens is 248 g/mol. The van der Waals surface area contributed by atoms with Gasteiger partial charge in [0.25, 0.3) is 12.9 Å². The first-order valence-electron chi connectivity index (χ1n) is 5.06. The van der Waals surface area contributed by atoms with Gasteiger partial charge < -0.3 is 0 Å². The molecule has 0 bridgehead atoms. The van der Waals surface area contributed by atoms with Gasteiger partial charge in [-0.1, -0.05) is 0 Å². The third-order valence-corrected chi connectivity index (χ3v) is 2.34. The third kappa shape index (κ3) is 2.64. The molecule has 2 rings (SSSR count). The summed E-state index contributed by atoms with van der Waals surface area (Å²) in [5.41, 5.74) is -0.0490. The van der Waals surface area contributed by atoms with E-state index in [9.17, 15) is 17.6 Å². The fourth-order valence-electron chi connectivity index (χ4n) is 1.47. The molecule has 2 heterocycles. The number of aromatic nitrogens is 2. The minimum Gasteiger partial charge on any atom is -0.256 e. The molecule has 0 unspecified atom stereocenters. The lowest BCUT2D eigenvalue weighted by atomic mass is 10.1. The Morgan fingerprint density at radius 2 is 1.56 bits per heavy atom. The second-order valence-corrected chi connectivity index (χ2v) is 3.55. The largest absolute Gasteiger partial charge is 0.280 e. The number of halogens is 4. The van der Waals surface area contributed by atoms with Gasteiger partial charge in [-0.2, -0.15) is 0 Å². The molecule has 94 valence electrons. The van der Waals surface area contributed by atoms with Crippen molar-refractivity contribution in [2.45, 2.75) is 12.9 Å². The van der Waals surface area contributed by atoms with Crippen LogP contribution in [-0.4, -0.2) is 9.97 Å². The van der Waals surface area contributed by atoms with Crippen molar-refractivity contribution in [2.75, 3.05) is 0 Å². The van der Waals surface area contributed by atoms with Crippen LogP contribution in [0, 0.1) is 0 Å². The molecule has 0 aromatic carbocycles. The van der Waals surface area contributed by atoms with Gasteiger partial charge in [-0.3, -0.25) is 9.97 Å². The van der Waals surface area contributed by atoms with Crippen molar-refractivity contribution in [3.63, 3.8) is 0 Å². The molecular formula is C12H8F4N2. The van der Waals surface area contributed by atoms with Crippen molar-refractivity contribution in [1.29, 1.82) is 0 Å². The first kappa shape index (κ1) is 12.5. The molecule has 0 aliphatic heterocycles. The maximum absolute atomic E-state index is 12.5. The monoisotopic (exact) mass is 256 g/mol. The summed E-state index contributed by atoms with van der Waals surface area (Å²) in [4.78, 5) is 7.38. The summed E-state index contributed by atoms with van der Waals surface area (Å²) in [6, 6.07) is 4.95. The van der Waals surface area contributed by atoms with Crippen LogP contribution in [0.4, 0.5) is 17.6 Å². The highest BCUT2D eigenvalue weighted by atomic mass is 19.3. The van der Waals surface area contributed by atoms with Gasteiger partial charge in [-0.05, 0) is 24.3 Å². The predicted octanol–water partition coefficient (Wildman–Crippen LogP) is 4.02. The molecule has 0 spiro atoms. The van der Waals surface area contributed by atoms with Gasteiger partial charge in [0.15, 0.2) is 0 Å². The fraction of sp³-hybridized carbons (Fsp3) is 0.167. The smallest absolute Gasteiger partial charge is 0.256 e. The first-order chi connectivity index (χ1) is 8.58. The molecule has 6 heteroatoms. The van der Waals surface area contributed by atoms with Crippen LogP contribution in [0.25, 0.3) is 11.3 Å². The van der Waals surface area contributed by atoms with E-state index in [1.807, 2.05) is 0 Å². The molecule has 0 fully saturated rings. The zero-order valence-corrected chi connectivity index (χ0v) is 9.03. The van der Waals surface area contributed by atoms with Crippen molar-refractivity contribution in [1.82, 2.24) is 9.97 Å². The number of hydrogen-bond acceptors (Lipinski definition) is 2. The summed E-state index contributed by atoms with van der Waals surface area (Å²) in [6.45, 7) is 0. The number of rotatable bonds is 3. The van der Waals surface area contributed by atoms with Gasteiger partial charge in [0.2, 0.25) is 0 Å². The van der Waals surface area contributed by atoms with E-state index in [4.69, 9.17) is 0 Å². The number of pyridine rings is 2. The molecule has 0 saturated carbocycles. The van der Waals surface area contributed by atoms with E-state index in [0.29, 0.717) is 5.56 Å². The van der Waals surface area contributed by atoms with Gasteiger partial charge in [0.05, 0.1) is 5.69 Å². The molecule has 0 atom stereocenters. The minimum atomic E-state index is -2.71. The highest BCUT2D eigenvalue weighted by Gasteiger charge is 2.12. The van der Waals surface area contributed by atoms with E-state index in [2.05, 4.69) is 9.97 Å². The van der Waals surface area contributed by atoms with E-state index in [0.717, 1.165) is 6.07 Å². The molecule has 0 amide bonds. The quantitative estimate of drug-likeness (QED) is 0.775. The molecule has 2 aromatic heterocycles. The average Bonchev–Trinajstić information content (AvgIpc) is 2.39. The van der Waals surface area contributed by atoms with E-state index in [1.165, 1.54) is 30.6 Å². The van der Waals surface area contributed by atoms with Gasteiger partial charge in [0, 0.05) is 23.5 Å². The standard InChI is InChI=1S/C12H8F4N2/c13-11(14)8-2-4-17-9(6-8)7-1-3-18-10(5-7)12(15)16/h1-6,11-12H. The maximum atomic E-state index is 12.5. The van der Waals surface area contributed by atoms with Gasteiger partial charge >= 0.3 is 0 Å². The van der Waals surface area contributed by atoms with Crippen molar-refractivity contribution >= 4 is 0 Å². The molecule has 0 radical (unpaired) electrons. The van der Waals surface area contributed by atoms with Crippen LogP contribution < -0.4 is 0 Å². The molecule has 0 saturated heterocycles. The van der Waals surface area contributed by atoms with Crippen LogP contribution in [0.3, 0.4) is 0 Å². The lowest BCUT2D eigenvalue weighted by Gasteiger charge is -2.05. The van der Waals surface area contributed by atoms with E-state index < -0.39 is 18.5 Å². The number of nitrogens with zero attached hydrogens (tertiary/aromatic N) is 2. The van der Waals surface area contributed by atoms with Crippen molar-refractivity contribution < 1.29 is 17.6 Å². The van der Waals surface area contributed by atoms with E-state index in [1.54, 1.807) is 0 Å². The summed E-state index contributed by atoms with van der Waals surface area (Å²) in [5.74, 6) is 0. The molecule has 0 N–H and O–H groups in total. The van der Waals surface area contributed by atoms with Crippen LogP contribution in [-0.2, 0) is 0 Å². The van der Waals surface area contributed by atoms with Crippen LogP contribution in [0.2, 0.25) is 0 Å². The molecule has 2 aromatic rings. The molecule has 18 heavy (non-hydrogen) atoms. The molecule has 0 aliphatic rings. The van der Waals surface area contributed by atoms with Gasteiger partial charge in [-0.15, -0.1) is 0 Å². The summed E-state index contributed by atoms with van der Waals surface area (Å²) >= 11 is 0. The van der Waals surface area contributed by atoms with Crippen LogP contribution in [0.15, 0.2) is 36.7 Å². The Bertz CT molecular complexity index is 494. The second kappa shape index (κ2) is 5.12. The Hall–Kier alpha value is -1.98. The number of alkyl halides is 4. The summed E-state index contributed by atoms with van der Waals surface area (Å²) < 4.78 is 50.0. The lowest BCUT2D eigenvalue weighted by molar-refractivity contribution is 0.146. The fourth-order valence-corrected chi connectivity index (χ4v) is 1.47. The minimum absolute atomic E-state index is 0.199. The Morgan fingerprint density at radius 1 is 0.833 bits per heavy atom. The predicted molar refractivity (Wildman–Crippen MR) is 57.4 cm³/mol. The van der Waals surface area contributed by atoms with E-state index >= 15 is 0 Å². The SMILES string of the molecule is FC(F)c1ccnc(-c2ccnc(C(F)F)c2)c1. The topological polar surface area (TPSA) is 25.8 Å². The van der Waals surface area contributed by atoms with Crippen molar-refractivity contribution in [3.8, 4) is 11.3 Å². The molecule has 0 aliphatic carbocycles. The Labute approximate surface area is 100 Å². The average molecular weight is 256 g/mol. The number of hydrogen-bond donors (Lipinski definition) is 0. The van der Waals surface area contributed by atoms with Crippen LogP contribution >= 0.6 is 0 Å². The summed E-state index contributed by atoms with van der Waals surface area (Å²) in [5, 5.41) is 0. The van der Waals surface area contributed by atoms with Crippen LogP contribution in [0.5, 0.6) is 0 Å². The highest BCUT2D eigenvalue weighted by molar-refractivity contribution is 5.59. The zero-order chi connectivity index (χ0) is 13.1. The molecule has 2 nitrogen and oxygen atoms in total. The van der Waals surface area contributed by atoms with Crippen molar-refractivity contribution in [3.05, 3.63) is 47.9 Å². The second-order valence-electron chi connectivity index (χ2n) is 3.55. The third-order valence-electron chi connectivity index (χ3n) is 2.34. The summed E-state index contributed by atoms with van der Waals surface area (Å²) in [6.07, 6.45) is -2.90. The van der Waals surface area contributed by atoms with Crippen molar-refractivity contribution in [2.24, 2.45) is 0 Å². The van der Waals surface area contributed by atoms with Gasteiger partial charge in [-0.25, -0.2) is 17.6 Å². The Morgan fingerprint density at radius 3 is 2.22 bits per heavy atom. The first-order valence-corrected chi connectivity index (χ1v) is 5.06. The maximum Gasteiger partial charge on any atom is 0.280 e. The summed E-state index contributed by atoms with van der Waals surface area (Å²) in [7, 11) is 0. The lowest BCUT2D eigenvalue weighted by Crippen LogP contribution is -1.93. The Balaban J connectivity index is 2.42.